The molecule has 0 saturated heterocycles. The number of hydrogen-bond donors (Lipinski definition) is 1. The highest BCUT2D eigenvalue weighted by Gasteiger charge is 2.10. The van der Waals surface area contributed by atoms with Gasteiger partial charge < -0.3 is 10.1 Å². The molecule has 3 aromatic rings. The monoisotopic (exact) mass is 282 g/mol. The molecule has 0 radical (unpaired) electrons. The van der Waals surface area contributed by atoms with Crippen LogP contribution < -0.4 is 15.6 Å². The number of pyridine rings is 1. The van der Waals surface area contributed by atoms with Crippen molar-refractivity contribution in [1.29, 1.82) is 0 Å². The molecule has 0 spiro atoms. The molecule has 1 aromatic carbocycles. The summed E-state index contributed by atoms with van der Waals surface area (Å²) in [6, 6.07) is 10.8. The van der Waals surface area contributed by atoms with Crippen molar-refractivity contribution < 1.29 is 4.74 Å². The quantitative estimate of drug-likeness (QED) is 0.797. The van der Waals surface area contributed by atoms with Crippen LogP contribution in [0.25, 0.3) is 11.0 Å². The van der Waals surface area contributed by atoms with Gasteiger partial charge in [0.05, 0.1) is 0 Å². The molecule has 6 nitrogen and oxygen atoms in total. The van der Waals surface area contributed by atoms with Gasteiger partial charge in [-0.15, -0.1) is 0 Å². The molecule has 1 N–H and O–H groups in total. The Morgan fingerprint density at radius 1 is 1.24 bits per heavy atom. The molecule has 0 atom stereocenters. The number of fused-ring (bicyclic) bond motifs is 1. The second-order valence-electron chi connectivity index (χ2n) is 4.51. The Balaban J connectivity index is 2.13. The second kappa shape index (κ2) is 5.24. The van der Waals surface area contributed by atoms with E-state index in [9.17, 15) is 4.79 Å². The average Bonchev–Trinajstić information content (AvgIpc) is 2.53. The Labute approximate surface area is 121 Å². The van der Waals surface area contributed by atoms with E-state index in [1.54, 1.807) is 38.5 Å². The number of nitrogens with one attached hydrogen (secondary N) is 1. The van der Waals surface area contributed by atoms with Gasteiger partial charge in [0, 0.05) is 25.7 Å². The number of anilines is 1. The van der Waals surface area contributed by atoms with Crippen molar-refractivity contribution in [3.8, 4) is 11.5 Å². The van der Waals surface area contributed by atoms with E-state index in [-0.39, 0.29) is 11.3 Å². The molecule has 0 amide bonds. The molecular weight excluding hydrogens is 268 g/mol. The van der Waals surface area contributed by atoms with Gasteiger partial charge in [-0.3, -0.25) is 9.36 Å². The van der Waals surface area contributed by atoms with Crippen LogP contribution in [-0.2, 0) is 7.05 Å². The zero-order valence-electron chi connectivity index (χ0n) is 11.7. The van der Waals surface area contributed by atoms with Crippen LogP contribution in [-0.4, -0.2) is 21.6 Å². The highest BCUT2D eigenvalue weighted by Crippen LogP contribution is 2.21. The fourth-order valence-corrected chi connectivity index (χ4v) is 2.03. The van der Waals surface area contributed by atoms with Gasteiger partial charge in [0.2, 0.25) is 5.95 Å². The van der Waals surface area contributed by atoms with E-state index in [0.717, 1.165) is 5.39 Å². The lowest BCUT2D eigenvalue weighted by atomic mass is 10.3. The molecule has 106 valence electrons. The molecule has 0 aliphatic carbocycles. The third-order valence-electron chi connectivity index (χ3n) is 3.11. The number of nitrogens with zero attached hydrogens (tertiary/aromatic N) is 3. The summed E-state index contributed by atoms with van der Waals surface area (Å²) < 4.78 is 7.10. The first-order valence-electron chi connectivity index (χ1n) is 6.46. The topological polar surface area (TPSA) is 69.0 Å². The van der Waals surface area contributed by atoms with Gasteiger partial charge >= 0.3 is 0 Å². The Morgan fingerprint density at radius 3 is 2.71 bits per heavy atom. The highest BCUT2D eigenvalue weighted by molar-refractivity contribution is 5.76. The largest absolute Gasteiger partial charge is 0.452 e. The van der Waals surface area contributed by atoms with Crippen molar-refractivity contribution in [3.63, 3.8) is 0 Å². The normalized spacial score (nSPS) is 10.6. The SMILES string of the molecule is CNc1ncc2cc(Oc3ccccc3)c(=O)n(C)c2n1. The molecule has 0 bridgehead atoms. The number of para-hydroxylation sites is 1. The van der Waals surface area contributed by atoms with Crippen LogP contribution in [0.5, 0.6) is 11.5 Å². The fourth-order valence-electron chi connectivity index (χ4n) is 2.03. The standard InChI is InChI=1S/C15H14N4O2/c1-16-15-17-9-10-8-12(14(20)19(2)13(10)18-15)21-11-6-4-3-5-7-11/h3-9H,1-2H3,(H,16,17,18). The van der Waals surface area contributed by atoms with Crippen LogP contribution in [0.15, 0.2) is 47.4 Å². The summed E-state index contributed by atoms with van der Waals surface area (Å²) in [7, 11) is 3.39. The Morgan fingerprint density at radius 2 is 2.00 bits per heavy atom. The van der Waals surface area contributed by atoms with Gasteiger partial charge in [0.1, 0.15) is 11.4 Å². The first-order valence-corrected chi connectivity index (χ1v) is 6.46. The van der Waals surface area contributed by atoms with Gasteiger partial charge in [-0.05, 0) is 18.2 Å². The van der Waals surface area contributed by atoms with E-state index in [1.807, 2.05) is 18.2 Å². The summed E-state index contributed by atoms with van der Waals surface area (Å²) in [6.07, 6.45) is 1.66. The van der Waals surface area contributed by atoms with Crippen LogP contribution >= 0.6 is 0 Å². The molecule has 6 heteroatoms. The van der Waals surface area contributed by atoms with Crippen molar-refractivity contribution in [3.05, 3.63) is 52.9 Å². The lowest BCUT2D eigenvalue weighted by molar-refractivity contribution is 0.471. The van der Waals surface area contributed by atoms with Crippen molar-refractivity contribution in [2.24, 2.45) is 7.05 Å². The predicted molar refractivity (Wildman–Crippen MR) is 80.8 cm³/mol. The summed E-state index contributed by atoms with van der Waals surface area (Å²) in [4.78, 5) is 20.8. The number of ether oxygens (including phenoxy) is 1. The number of rotatable bonds is 3. The zero-order valence-corrected chi connectivity index (χ0v) is 11.7. The third-order valence-corrected chi connectivity index (χ3v) is 3.11. The smallest absolute Gasteiger partial charge is 0.294 e. The Hall–Kier alpha value is -2.89. The summed E-state index contributed by atoms with van der Waals surface area (Å²) in [5.41, 5.74) is 0.312. The van der Waals surface area contributed by atoms with Gasteiger partial charge in [-0.25, -0.2) is 4.98 Å². The number of aromatic nitrogens is 3. The lowest BCUT2D eigenvalue weighted by Gasteiger charge is -2.10. The molecule has 21 heavy (non-hydrogen) atoms. The number of benzene rings is 1. The van der Waals surface area contributed by atoms with Crippen molar-refractivity contribution in [2.45, 2.75) is 0 Å². The van der Waals surface area contributed by atoms with E-state index in [0.29, 0.717) is 17.3 Å². The minimum absolute atomic E-state index is 0.243. The predicted octanol–water partition coefficient (Wildman–Crippen LogP) is 2.16. The molecule has 0 aliphatic rings. The summed E-state index contributed by atoms with van der Waals surface area (Å²) in [5, 5.41) is 3.59. The van der Waals surface area contributed by atoms with Gasteiger partial charge in [0.25, 0.3) is 5.56 Å². The fraction of sp³-hybridized carbons (Fsp3) is 0.133. The Bertz CT molecular complexity index is 843. The second-order valence-corrected chi connectivity index (χ2v) is 4.51. The average molecular weight is 282 g/mol. The van der Waals surface area contributed by atoms with E-state index in [4.69, 9.17) is 4.74 Å². The minimum atomic E-state index is -0.243. The maximum Gasteiger partial charge on any atom is 0.294 e. The molecular formula is C15H14N4O2. The molecule has 0 unspecified atom stereocenters. The zero-order chi connectivity index (χ0) is 14.8. The molecule has 2 aromatic heterocycles. The first kappa shape index (κ1) is 13.1. The number of aryl methyl sites for hydroxylation is 1. The van der Waals surface area contributed by atoms with Crippen LogP contribution in [0.1, 0.15) is 0 Å². The third kappa shape index (κ3) is 2.43. The summed E-state index contributed by atoms with van der Waals surface area (Å²) >= 11 is 0. The maximum atomic E-state index is 12.3. The van der Waals surface area contributed by atoms with E-state index >= 15 is 0 Å². The summed E-state index contributed by atoms with van der Waals surface area (Å²) in [5.74, 6) is 1.33. The van der Waals surface area contributed by atoms with Gasteiger partial charge in [0.15, 0.2) is 5.75 Å². The van der Waals surface area contributed by atoms with Gasteiger partial charge in [-0.2, -0.15) is 4.98 Å². The molecule has 0 aliphatic heterocycles. The van der Waals surface area contributed by atoms with Crippen LogP contribution in [0.3, 0.4) is 0 Å². The molecule has 0 fully saturated rings. The van der Waals surface area contributed by atoms with Crippen molar-refractivity contribution in [2.75, 3.05) is 12.4 Å². The number of hydrogen-bond acceptors (Lipinski definition) is 5. The summed E-state index contributed by atoms with van der Waals surface area (Å²) in [6.45, 7) is 0. The first-order chi connectivity index (χ1) is 10.2. The minimum Gasteiger partial charge on any atom is -0.452 e. The van der Waals surface area contributed by atoms with Crippen molar-refractivity contribution in [1.82, 2.24) is 14.5 Å². The van der Waals surface area contributed by atoms with E-state index in [1.165, 1.54) is 4.57 Å². The molecule has 2 heterocycles. The van der Waals surface area contributed by atoms with Crippen LogP contribution in [0, 0.1) is 0 Å². The molecule has 3 rings (SSSR count). The molecule has 0 saturated carbocycles. The van der Waals surface area contributed by atoms with Crippen molar-refractivity contribution >= 4 is 17.0 Å². The Kier molecular flexibility index (Phi) is 3.27. The maximum absolute atomic E-state index is 12.3. The van der Waals surface area contributed by atoms with E-state index in [2.05, 4.69) is 15.3 Å². The lowest BCUT2D eigenvalue weighted by Crippen LogP contribution is -2.19. The highest BCUT2D eigenvalue weighted by atomic mass is 16.5. The van der Waals surface area contributed by atoms with Crippen LogP contribution in [0.4, 0.5) is 5.95 Å². The van der Waals surface area contributed by atoms with Crippen LogP contribution in [0.2, 0.25) is 0 Å². The van der Waals surface area contributed by atoms with Gasteiger partial charge in [-0.1, -0.05) is 18.2 Å². The van der Waals surface area contributed by atoms with E-state index < -0.39 is 0 Å².